The number of hydrogen-bond donors (Lipinski definition) is 1. The molecular weight excluding hydrogens is 348 g/mol. The number of carbonyl (C=O) groups is 1. The Morgan fingerprint density at radius 2 is 1.79 bits per heavy atom. The summed E-state index contributed by atoms with van der Waals surface area (Å²) in [5, 5.41) is 9.71. The van der Waals surface area contributed by atoms with E-state index in [1.165, 1.54) is 0 Å². The lowest BCUT2D eigenvalue weighted by atomic mass is 10.0. The molecule has 0 saturated heterocycles. The first-order chi connectivity index (χ1) is 13.6. The Bertz CT molecular complexity index is 1130. The highest BCUT2D eigenvalue weighted by atomic mass is 16.1. The Labute approximate surface area is 164 Å². The van der Waals surface area contributed by atoms with E-state index in [9.17, 15) is 4.79 Å². The van der Waals surface area contributed by atoms with Gasteiger partial charge in [0.25, 0.3) is 5.91 Å². The maximum Gasteiger partial charge on any atom is 0.251 e. The summed E-state index contributed by atoms with van der Waals surface area (Å²) in [7, 11) is 0. The van der Waals surface area contributed by atoms with E-state index in [1.807, 2.05) is 79.2 Å². The normalized spacial score (nSPS) is 10.9. The van der Waals surface area contributed by atoms with Crippen molar-refractivity contribution in [1.29, 1.82) is 0 Å². The zero-order chi connectivity index (χ0) is 19.5. The summed E-state index contributed by atoms with van der Waals surface area (Å²) in [5.41, 5.74) is 3.86. The molecule has 0 radical (unpaired) electrons. The lowest BCUT2D eigenvalue weighted by molar-refractivity contribution is 0.0955. The van der Waals surface area contributed by atoms with Crippen molar-refractivity contribution < 1.29 is 4.79 Å². The summed E-state index contributed by atoms with van der Waals surface area (Å²) < 4.78 is 1.86. The van der Waals surface area contributed by atoms with E-state index in [2.05, 4.69) is 15.4 Å². The molecule has 0 bridgehead atoms. The molecule has 5 heteroatoms. The minimum Gasteiger partial charge on any atom is -0.352 e. The van der Waals surface area contributed by atoms with Crippen LogP contribution < -0.4 is 5.32 Å². The van der Waals surface area contributed by atoms with Crippen LogP contribution in [0.4, 0.5) is 0 Å². The smallest absolute Gasteiger partial charge is 0.251 e. The molecular formula is C23H22N4O. The highest BCUT2D eigenvalue weighted by Gasteiger charge is 2.14. The molecule has 2 aromatic carbocycles. The van der Waals surface area contributed by atoms with Gasteiger partial charge in [0.2, 0.25) is 0 Å². The number of nitrogens with zero attached hydrogens (tertiary/aromatic N) is 3. The molecule has 0 fully saturated rings. The molecule has 2 aromatic heterocycles. The van der Waals surface area contributed by atoms with Crippen LogP contribution in [0.3, 0.4) is 0 Å². The Hall–Kier alpha value is -3.47. The van der Waals surface area contributed by atoms with Crippen LogP contribution in [0.1, 0.15) is 27.3 Å². The Balaban J connectivity index is 1.48. The van der Waals surface area contributed by atoms with Crippen LogP contribution in [0.5, 0.6) is 0 Å². The first-order valence-electron chi connectivity index (χ1n) is 9.37. The van der Waals surface area contributed by atoms with Crippen molar-refractivity contribution in [1.82, 2.24) is 20.1 Å². The summed E-state index contributed by atoms with van der Waals surface area (Å²) in [4.78, 5) is 17.1. The molecule has 4 rings (SSSR count). The van der Waals surface area contributed by atoms with E-state index in [-0.39, 0.29) is 5.91 Å². The van der Waals surface area contributed by atoms with Crippen molar-refractivity contribution in [2.45, 2.75) is 20.3 Å². The zero-order valence-corrected chi connectivity index (χ0v) is 16.0. The number of aryl methyl sites for hydroxylation is 1. The van der Waals surface area contributed by atoms with Crippen LogP contribution >= 0.6 is 0 Å². The van der Waals surface area contributed by atoms with E-state index in [4.69, 9.17) is 0 Å². The van der Waals surface area contributed by atoms with Crippen LogP contribution in [0.25, 0.3) is 16.6 Å². The average molecular weight is 370 g/mol. The molecule has 2 heterocycles. The number of aromatic nitrogens is 3. The quantitative estimate of drug-likeness (QED) is 0.577. The largest absolute Gasteiger partial charge is 0.352 e. The van der Waals surface area contributed by atoms with Gasteiger partial charge in [-0.3, -0.25) is 4.79 Å². The molecule has 5 nitrogen and oxygen atoms in total. The van der Waals surface area contributed by atoms with E-state index in [0.717, 1.165) is 40.0 Å². The molecule has 4 aromatic rings. The Kier molecular flexibility index (Phi) is 4.89. The molecule has 1 amide bonds. The van der Waals surface area contributed by atoms with Gasteiger partial charge in [-0.2, -0.15) is 5.10 Å². The second-order valence-electron chi connectivity index (χ2n) is 6.78. The lowest BCUT2D eigenvalue weighted by Crippen LogP contribution is -2.26. The molecule has 0 spiro atoms. The standard InChI is InChI=1S/C23H22N4O/c1-16-19(17(2)27(26-16)22-12-5-6-14-24-22)13-15-25-23(28)21-11-7-9-18-8-3-4-10-20(18)21/h3-12,14H,13,15H2,1-2H3,(H,25,28). The highest BCUT2D eigenvalue weighted by Crippen LogP contribution is 2.19. The number of rotatable bonds is 5. The van der Waals surface area contributed by atoms with Gasteiger partial charge in [0, 0.05) is 24.0 Å². The number of carbonyl (C=O) groups excluding carboxylic acids is 1. The molecule has 140 valence electrons. The zero-order valence-electron chi connectivity index (χ0n) is 16.0. The second kappa shape index (κ2) is 7.64. The van der Waals surface area contributed by atoms with Gasteiger partial charge in [-0.15, -0.1) is 0 Å². The summed E-state index contributed by atoms with van der Waals surface area (Å²) in [5.74, 6) is 0.748. The van der Waals surface area contributed by atoms with Crippen molar-refractivity contribution in [3.63, 3.8) is 0 Å². The van der Waals surface area contributed by atoms with Gasteiger partial charge in [0.05, 0.1) is 5.69 Å². The molecule has 0 aliphatic heterocycles. The first-order valence-corrected chi connectivity index (χ1v) is 9.37. The summed E-state index contributed by atoms with van der Waals surface area (Å²) in [6.45, 7) is 4.59. The van der Waals surface area contributed by atoms with Gasteiger partial charge in [0.15, 0.2) is 5.82 Å². The van der Waals surface area contributed by atoms with Gasteiger partial charge in [-0.25, -0.2) is 9.67 Å². The number of nitrogens with one attached hydrogen (secondary N) is 1. The van der Waals surface area contributed by atoms with Crippen LogP contribution in [-0.2, 0) is 6.42 Å². The molecule has 0 atom stereocenters. The van der Waals surface area contributed by atoms with Crippen LogP contribution in [-0.4, -0.2) is 27.2 Å². The van der Waals surface area contributed by atoms with Gasteiger partial charge in [-0.05, 0) is 54.8 Å². The lowest BCUT2D eigenvalue weighted by Gasteiger charge is -2.09. The maximum atomic E-state index is 12.7. The van der Waals surface area contributed by atoms with E-state index < -0.39 is 0 Å². The number of fused-ring (bicyclic) bond motifs is 1. The van der Waals surface area contributed by atoms with E-state index in [1.54, 1.807) is 6.20 Å². The van der Waals surface area contributed by atoms with Gasteiger partial charge >= 0.3 is 0 Å². The summed E-state index contributed by atoms with van der Waals surface area (Å²) >= 11 is 0. The Morgan fingerprint density at radius 1 is 1.00 bits per heavy atom. The fourth-order valence-electron chi connectivity index (χ4n) is 3.56. The number of pyridine rings is 1. The Morgan fingerprint density at radius 3 is 2.61 bits per heavy atom. The molecule has 0 aliphatic carbocycles. The van der Waals surface area contributed by atoms with Gasteiger partial charge in [-0.1, -0.05) is 42.5 Å². The molecule has 0 aliphatic rings. The van der Waals surface area contributed by atoms with E-state index >= 15 is 0 Å². The first kappa shape index (κ1) is 17.9. The van der Waals surface area contributed by atoms with Crippen LogP contribution in [0, 0.1) is 13.8 Å². The van der Waals surface area contributed by atoms with Crippen molar-refractivity contribution in [2.24, 2.45) is 0 Å². The second-order valence-corrected chi connectivity index (χ2v) is 6.78. The van der Waals surface area contributed by atoms with Crippen LogP contribution in [0.15, 0.2) is 66.9 Å². The maximum absolute atomic E-state index is 12.7. The molecule has 0 saturated carbocycles. The SMILES string of the molecule is Cc1nn(-c2ccccn2)c(C)c1CCNC(=O)c1cccc2ccccc12. The van der Waals surface area contributed by atoms with Gasteiger partial charge < -0.3 is 5.32 Å². The highest BCUT2D eigenvalue weighted by molar-refractivity contribution is 6.06. The molecule has 28 heavy (non-hydrogen) atoms. The van der Waals surface area contributed by atoms with Crippen molar-refractivity contribution in [3.05, 3.63) is 89.4 Å². The number of hydrogen-bond acceptors (Lipinski definition) is 3. The third-order valence-corrected chi connectivity index (χ3v) is 5.00. The van der Waals surface area contributed by atoms with Crippen molar-refractivity contribution in [3.8, 4) is 5.82 Å². The monoisotopic (exact) mass is 370 g/mol. The average Bonchev–Trinajstić information content (AvgIpc) is 3.02. The third kappa shape index (κ3) is 3.39. The fourth-order valence-corrected chi connectivity index (χ4v) is 3.56. The fraction of sp³-hybridized carbons (Fsp3) is 0.174. The molecule has 1 N–H and O–H groups in total. The van der Waals surface area contributed by atoms with Crippen LogP contribution in [0.2, 0.25) is 0 Å². The van der Waals surface area contributed by atoms with Gasteiger partial charge in [0.1, 0.15) is 0 Å². The predicted octanol–water partition coefficient (Wildman–Crippen LogP) is 4.01. The topological polar surface area (TPSA) is 59.8 Å². The summed E-state index contributed by atoms with van der Waals surface area (Å²) in [6.07, 6.45) is 2.48. The number of benzene rings is 2. The van der Waals surface area contributed by atoms with Crippen molar-refractivity contribution in [2.75, 3.05) is 6.54 Å². The predicted molar refractivity (Wildman–Crippen MR) is 111 cm³/mol. The minimum atomic E-state index is -0.0516. The molecule has 0 unspecified atom stereocenters. The minimum absolute atomic E-state index is 0.0516. The summed E-state index contributed by atoms with van der Waals surface area (Å²) in [6, 6.07) is 19.5. The van der Waals surface area contributed by atoms with Crippen molar-refractivity contribution >= 4 is 16.7 Å². The third-order valence-electron chi connectivity index (χ3n) is 5.00. The van der Waals surface area contributed by atoms with E-state index in [0.29, 0.717) is 12.1 Å². The number of amides is 1.